The molecular formula is C28H26N4O2. The molecule has 0 bridgehead atoms. The van der Waals surface area contributed by atoms with Crippen molar-refractivity contribution in [2.75, 3.05) is 6.54 Å². The van der Waals surface area contributed by atoms with E-state index < -0.39 is 11.8 Å². The summed E-state index contributed by atoms with van der Waals surface area (Å²) in [5.74, 6) is -0.949. The number of amides is 2. The molecule has 2 amide bonds. The van der Waals surface area contributed by atoms with E-state index in [2.05, 4.69) is 32.9 Å². The average molecular weight is 451 g/mol. The highest BCUT2D eigenvalue weighted by atomic mass is 16.2. The first-order chi connectivity index (χ1) is 16.3. The summed E-state index contributed by atoms with van der Waals surface area (Å²) < 4.78 is 1.79. The van der Waals surface area contributed by atoms with Crippen molar-refractivity contribution in [1.29, 1.82) is 5.26 Å². The fourth-order valence-corrected chi connectivity index (χ4v) is 4.53. The lowest BCUT2D eigenvalue weighted by molar-refractivity contribution is -0.140. The van der Waals surface area contributed by atoms with E-state index in [0.717, 1.165) is 44.1 Å². The van der Waals surface area contributed by atoms with Crippen molar-refractivity contribution in [2.24, 2.45) is 0 Å². The standard InChI is InChI=1S/C28H26N4O2/c1-6-31-27(33)23(20(5)24(15-29)28(31)34)14-21-16-32(22-10-8-7-9-11-22)30-26(21)25-18(3)12-17(2)13-19(25)4/h7-14,16H,6H2,1-5H3/b23-14+. The SMILES string of the molecule is CCN1C(=O)C(C#N)=C(C)/C(=C\c2cn(-c3ccccc3)nc2-c2c(C)cc(C)cc2C)C1=O. The van der Waals surface area contributed by atoms with E-state index in [9.17, 15) is 14.9 Å². The lowest BCUT2D eigenvalue weighted by Gasteiger charge is -2.26. The molecule has 2 heterocycles. The molecule has 0 saturated heterocycles. The second kappa shape index (κ2) is 8.95. The molecule has 0 spiro atoms. The zero-order chi connectivity index (χ0) is 24.6. The molecule has 1 aromatic heterocycles. The van der Waals surface area contributed by atoms with E-state index >= 15 is 0 Å². The van der Waals surface area contributed by atoms with Crippen LogP contribution >= 0.6 is 0 Å². The lowest BCUT2D eigenvalue weighted by Crippen LogP contribution is -2.42. The Morgan fingerprint density at radius 2 is 1.65 bits per heavy atom. The number of likely N-dealkylation sites (N-methyl/N-ethyl adjacent to an activating group) is 1. The zero-order valence-corrected chi connectivity index (χ0v) is 20.0. The maximum atomic E-state index is 13.2. The number of nitriles is 1. The molecule has 170 valence electrons. The van der Waals surface area contributed by atoms with Crippen molar-refractivity contribution >= 4 is 17.9 Å². The number of benzene rings is 2. The van der Waals surface area contributed by atoms with Crippen LogP contribution < -0.4 is 0 Å². The molecule has 0 aliphatic carbocycles. The van der Waals surface area contributed by atoms with Gasteiger partial charge in [-0.2, -0.15) is 10.4 Å². The van der Waals surface area contributed by atoms with Gasteiger partial charge in [0.1, 0.15) is 17.3 Å². The third-order valence-corrected chi connectivity index (χ3v) is 6.12. The van der Waals surface area contributed by atoms with Gasteiger partial charge in [-0.05, 0) is 69.5 Å². The third-order valence-electron chi connectivity index (χ3n) is 6.12. The number of imide groups is 1. The van der Waals surface area contributed by atoms with Crippen molar-refractivity contribution in [1.82, 2.24) is 14.7 Å². The van der Waals surface area contributed by atoms with Crippen LogP contribution in [0, 0.1) is 32.1 Å². The molecule has 2 aromatic carbocycles. The number of nitrogens with zero attached hydrogens (tertiary/aromatic N) is 4. The van der Waals surface area contributed by atoms with Gasteiger partial charge in [-0.15, -0.1) is 0 Å². The molecule has 3 aromatic rings. The monoisotopic (exact) mass is 450 g/mol. The Kier molecular flexibility index (Phi) is 6.04. The van der Waals surface area contributed by atoms with E-state index in [0.29, 0.717) is 11.1 Å². The largest absolute Gasteiger partial charge is 0.274 e. The van der Waals surface area contributed by atoms with Gasteiger partial charge in [-0.1, -0.05) is 35.9 Å². The number of aromatic nitrogens is 2. The van der Waals surface area contributed by atoms with Crippen LogP contribution in [-0.4, -0.2) is 33.0 Å². The predicted octanol–water partition coefficient (Wildman–Crippen LogP) is 5.08. The van der Waals surface area contributed by atoms with Gasteiger partial charge in [0, 0.05) is 29.4 Å². The van der Waals surface area contributed by atoms with Crippen molar-refractivity contribution in [3.8, 4) is 23.0 Å². The number of rotatable bonds is 4. The summed E-state index contributed by atoms with van der Waals surface area (Å²) in [5, 5.41) is 14.5. The van der Waals surface area contributed by atoms with Crippen molar-refractivity contribution < 1.29 is 9.59 Å². The Morgan fingerprint density at radius 1 is 1.00 bits per heavy atom. The summed E-state index contributed by atoms with van der Waals surface area (Å²) in [6, 6.07) is 16.0. The Hall–Kier alpha value is -4.24. The summed E-state index contributed by atoms with van der Waals surface area (Å²) in [6.07, 6.45) is 3.64. The predicted molar refractivity (Wildman–Crippen MR) is 132 cm³/mol. The number of carbonyl (C=O) groups excluding carboxylic acids is 2. The maximum Gasteiger partial charge on any atom is 0.271 e. The van der Waals surface area contributed by atoms with Gasteiger partial charge in [0.2, 0.25) is 0 Å². The summed E-state index contributed by atoms with van der Waals surface area (Å²) in [7, 11) is 0. The molecule has 0 radical (unpaired) electrons. The van der Waals surface area contributed by atoms with Crippen LogP contribution in [0.4, 0.5) is 0 Å². The number of carbonyl (C=O) groups is 2. The lowest BCUT2D eigenvalue weighted by atomic mass is 9.91. The minimum atomic E-state index is -0.546. The van der Waals surface area contributed by atoms with E-state index in [4.69, 9.17) is 5.10 Å². The second-order valence-electron chi connectivity index (χ2n) is 8.51. The molecule has 0 saturated carbocycles. The second-order valence-corrected chi connectivity index (χ2v) is 8.51. The highest BCUT2D eigenvalue weighted by Crippen LogP contribution is 2.34. The minimum Gasteiger partial charge on any atom is -0.274 e. The first-order valence-corrected chi connectivity index (χ1v) is 11.2. The summed E-state index contributed by atoms with van der Waals surface area (Å²) in [6.45, 7) is 9.73. The van der Waals surface area contributed by atoms with Crippen LogP contribution in [0.15, 0.2) is 65.4 Å². The molecule has 0 N–H and O–H groups in total. The molecule has 0 atom stereocenters. The number of hydrogen-bond donors (Lipinski definition) is 0. The van der Waals surface area contributed by atoms with Gasteiger partial charge in [0.25, 0.3) is 11.8 Å². The average Bonchev–Trinajstić information content (AvgIpc) is 3.20. The van der Waals surface area contributed by atoms with Gasteiger partial charge in [0.05, 0.1) is 5.69 Å². The Morgan fingerprint density at radius 3 is 2.24 bits per heavy atom. The number of aryl methyl sites for hydroxylation is 3. The van der Waals surface area contributed by atoms with Crippen LogP contribution in [0.5, 0.6) is 0 Å². The summed E-state index contributed by atoms with van der Waals surface area (Å²) in [5.41, 5.74) is 7.41. The zero-order valence-electron chi connectivity index (χ0n) is 20.0. The Bertz CT molecular complexity index is 1400. The molecule has 34 heavy (non-hydrogen) atoms. The maximum absolute atomic E-state index is 13.2. The van der Waals surface area contributed by atoms with Crippen LogP contribution in [0.2, 0.25) is 0 Å². The first-order valence-electron chi connectivity index (χ1n) is 11.2. The van der Waals surface area contributed by atoms with Gasteiger partial charge < -0.3 is 0 Å². The van der Waals surface area contributed by atoms with Crippen molar-refractivity contribution in [3.05, 3.63) is 87.6 Å². The quantitative estimate of drug-likeness (QED) is 0.410. The fourth-order valence-electron chi connectivity index (χ4n) is 4.53. The van der Waals surface area contributed by atoms with E-state index in [-0.39, 0.29) is 12.1 Å². The van der Waals surface area contributed by atoms with Gasteiger partial charge in [0.15, 0.2) is 0 Å². The first kappa shape index (κ1) is 22.9. The smallest absolute Gasteiger partial charge is 0.271 e. The normalized spacial score (nSPS) is 15.3. The van der Waals surface area contributed by atoms with Crippen LogP contribution in [0.1, 0.15) is 36.1 Å². The molecule has 0 fully saturated rings. The van der Waals surface area contributed by atoms with E-state index in [1.165, 1.54) is 0 Å². The van der Waals surface area contributed by atoms with Crippen LogP contribution in [0.25, 0.3) is 23.0 Å². The van der Waals surface area contributed by atoms with Crippen molar-refractivity contribution in [3.63, 3.8) is 0 Å². The minimum absolute atomic E-state index is 0.00704. The number of hydrogen-bond acceptors (Lipinski definition) is 4. The molecule has 6 heteroatoms. The van der Waals surface area contributed by atoms with E-state index in [1.54, 1.807) is 24.6 Å². The molecule has 0 unspecified atom stereocenters. The summed E-state index contributed by atoms with van der Waals surface area (Å²) in [4.78, 5) is 26.9. The molecule has 4 rings (SSSR count). The van der Waals surface area contributed by atoms with Gasteiger partial charge in [-0.3, -0.25) is 14.5 Å². The van der Waals surface area contributed by atoms with Crippen molar-refractivity contribution in [2.45, 2.75) is 34.6 Å². The van der Waals surface area contributed by atoms with Gasteiger partial charge >= 0.3 is 0 Å². The number of para-hydroxylation sites is 1. The van der Waals surface area contributed by atoms with Crippen LogP contribution in [-0.2, 0) is 9.59 Å². The topological polar surface area (TPSA) is 79.0 Å². The molecule has 6 nitrogen and oxygen atoms in total. The highest BCUT2D eigenvalue weighted by molar-refractivity contribution is 6.19. The molecular weight excluding hydrogens is 424 g/mol. The van der Waals surface area contributed by atoms with E-state index in [1.807, 2.05) is 42.6 Å². The fraction of sp³-hybridized carbons (Fsp3) is 0.214. The third kappa shape index (κ3) is 3.86. The Balaban J connectivity index is 2.00. The highest BCUT2D eigenvalue weighted by Gasteiger charge is 2.34. The molecule has 1 aliphatic rings. The summed E-state index contributed by atoms with van der Waals surface area (Å²) >= 11 is 0. The van der Waals surface area contributed by atoms with Gasteiger partial charge in [-0.25, -0.2) is 4.68 Å². The molecule has 1 aliphatic heterocycles. The van der Waals surface area contributed by atoms with Crippen LogP contribution in [0.3, 0.4) is 0 Å². The Labute approximate surface area is 199 Å².